The maximum atomic E-state index is 6.02. The minimum atomic E-state index is 0.162. The van der Waals surface area contributed by atoms with Crippen molar-refractivity contribution in [1.29, 1.82) is 0 Å². The quantitative estimate of drug-likeness (QED) is 0.728. The highest BCUT2D eigenvalue weighted by Crippen LogP contribution is 2.29. The first-order valence-corrected chi connectivity index (χ1v) is 5.34. The maximum absolute atomic E-state index is 6.02. The van der Waals surface area contributed by atoms with E-state index < -0.39 is 0 Å². The highest BCUT2D eigenvalue weighted by molar-refractivity contribution is 6.32. The van der Waals surface area contributed by atoms with Gasteiger partial charge in [0.15, 0.2) is 0 Å². The number of ether oxygens (including phenoxy) is 1. The first-order chi connectivity index (χ1) is 6.50. The third-order valence-corrected chi connectivity index (χ3v) is 2.30. The molecule has 0 radical (unpaired) electrons. The van der Waals surface area contributed by atoms with Gasteiger partial charge in [-0.25, -0.2) is 0 Å². The normalized spacial score (nSPS) is 11.1. The first-order valence-electron chi connectivity index (χ1n) is 4.96. The maximum Gasteiger partial charge on any atom is 0.138 e. The Morgan fingerprint density at radius 1 is 1.14 bits per heavy atom. The number of hydrogen-bond acceptors (Lipinski definition) is 1. The molecular weight excluding hydrogens is 196 g/mol. The molecule has 0 aliphatic heterocycles. The fourth-order valence-corrected chi connectivity index (χ4v) is 1.39. The second kappa shape index (κ2) is 4.70. The molecule has 0 spiro atoms. The zero-order valence-corrected chi connectivity index (χ0v) is 9.93. The van der Waals surface area contributed by atoms with E-state index in [1.165, 1.54) is 5.56 Å². The Balaban J connectivity index is 2.96. The van der Waals surface area contributed by atoms with Gasteiger partial charge in [-0.1, -0.05) is 31.5 Å². The van der Waals surface area contributed by atoms with Gasteiger partial charge in [-0.15, -0.1) is 0 Å². The van der Waals surface area contributed by atoms with E-state index in [4.69, 9.17) is 16.3 Å². The van der Waals surface area contributed by atoms with Crippen LogP contribution in [0.4, 0.5) is 0 Å². The molecule has 1 nitrogen and oxygen atoms in total. The van der Waals surface area contributed by atoms with Crippen LogP contribution in [0.25, 0.3) is 0 Å². The van der Waals surface area contributed by atoms with E-state index in [-0.39, 0.29) is 6.10 Å². The zero-order valence-electron chi connectivity index (χ0n) is 9.17. The molecule has 0 unspecified atom stereocenters. The Labute approximate surface area is 91.0 Å². The van der Waals surface area contributed by atoms with Gasteiger partial charge in [0.1, 0.15) is 5.75 Å². The molecule has 0 bridgehead atoms. The summed E-state index contributed by atoms with van der Waals surface area (Å²) in [6.45, 7) is 8.31. The van der Waals surface area contributed by atoms with Crippen LogP contribution in [0.3, 0.4) is 0 Å². The van der Waals surface area contributed by atoms with Gasteiger partial charge < -0.3 is 4.74 Å². The van der Waals surface area contributed by atoms with Gasteiger partial charge in [0, 0.05) is 0 Å². The van der Waals surface area contributed by atoms with Crippen molar-refractivity contribution in [3.63, 3.8) is 0 Å². The Kier molecular flexibility index (Phi) is 3.82. The summed E-state index contributed by atoms with van der Waals surface area (Å²) in [5.41, 5.74) is 1.25. The van der Waals surface area contributed by atoms with Crippen molar-refractivity contribution < 1.29 is 4.74 Å². The highest BCUT2D eigenvalue weighted by atomic mass is 35.5. The van der Waals surface area contributed by atoms with Crippen LogP contribution in [0.5, 0.6) is 5.75 Å². The summed E-state index contributed by atoms with van der Waals surface area (Å²) in [6, 6.07) is 5.96. The van der Waals surface area contributed by atoms with Crippen molar-refractivity contribution in [3.8, 4) is 5.75 Å². The molecule has 0 amide bonds. The largest absolute Gasteiger partial charge is 0.489 e. The van der Waals surface area contributed by atoms with E-state index in [0.717, 1.165) is 5.75 Å². The first kappa shape index (κ1) is 11.4. The molecule has 0 saturated heterocycles. The van der Waals surface area contributed by atoms with Gasteiger partial charge >= 0.3 is 0 Å². The Morgan fingerprint density at radius 3 is 2.29 bits per heavy atom. The average molecular weight is 213 g/mol. The molecule has 2 heteroatoms. The number of benzene rings is 1. The summed E-state index contributed by atoms with van der Waals surface area (Å²) in [5.74, 6) is 1.29. The summed E-state index contributed by atoms with van der Waals surface area (Å²) in [4.78, 5) is 0. The molecule has 0 aliphatic rings. The predicted molar refractivity (Wildman–Crippen MR) is 61.3 cm³/mol. The predicted octanol–water partition coefficient (Wildman–Crippen LogP) is 4.25. The fraction of sp³-hybridized carbons (Fsp3) is 0.500. The summed E-state index contributed by atoms with van der Waals surface area (Å²) < 4.78 is 5.60. The van der Waals surface area contributed by atoms with Crippen molar-refractivity contribution in [2.75, 3.05) is 0 Å². The van der Waals surface area contributed by atoms with E-state index in [2.05, 4.69) is 13.8 Å². The lowest BCUT2D eigenvalue weighted by Gasteiger charge is -2.13. The Hall–Kier alpha value is -0.690. The number of halogens is 1. The SMILES string of the molecule is CC(C)Oc1cc(C(C)C)ccc1Cl. The van der Waals surface area contributed by atoms with Crippen LogP contribution in [0.2, 0.25) is 5.02 Å². The van der Waals surface area contributed by atoms with Gasteiger partial charge in [0.05, 0.1) is 11.1 Å². The minimum absolute atomic E-state index is 0.162. The van der Waals surface area contributed by atoms with Crippen LogP contribution in [-0.2, 0) is 0 Å². The van der Waals surface area contributed by atoms with Crippen LogP contribution >= 0.6 is 11.6 Å². The molecule has 1 aromatic rings. The van der Waals surface area contributed by atoms with Crippen molar-refractivity contribution >= 4 is 11.6 Å². The molecular formula is C12H17ClO. The van der Waals surface area contributed by atoms with Gasteiger partial charge in [-0.05, 0) is 37.5 Å². The van der Waals surface area contributed by atoms with E-state index in [9.17, 15) is 0 Å². The van der Waals surface area contributed by atoms with Crippen molar-refractivity contribution in [3.05, 3.63) is 28.8 Å². The lowest BCUT2D eigenvalue weighted by molar-refractivity contribution is 0.242. The lowest BCUT2D eigenvalue weighted by atomic mass is 10.0. The van der Waals surface area contributed by atoms with E-state index in [1.807, 2.05) is 32.0 Å². The number of hydrogen-bond donors (Lipinski definition) is 0. The second-order valence-electron chi connectivity index (χ2n) is 4.01. The summed E-state index contributed by atoms with van der Waals surface area (Å²) in [7, 11) is 0. The molecule has 1 rings (SSSR count). The molecule has 14 heavy (non-hydrogen) atoms. The van der Waals surface area contributed by atoms with E-state index >= 15 is 0 Å². The molecule has 0 saturated carbocycles. The smallest absolute Gasteiger partial charge is 0.138 e. The standard InChI is InChI=1S/C12H17ClO/c1-8(2)10-5-6-11(13)12(7-10)14-9(3)4/h5-9H,1-4H3. The molecule has 0 atom stereocenters. The summed E-state index contributed by atoms with van der Waals surface area (Å²) in [5, 5.41) is 0.683. The number of rotatable bonds is 3. The van der Waals surface area contributed by atoms with Crippen LogP contribution in [-0.4, -0.2) is 6.10 Å². The molecule has 78 valence electrons. The molecule has 0 fully saturated rings. The molecule has 1 aromatic carbocycles. The van der Waals surface area contributed by atoms with Gasteiger partial charge in [-0.2, -0.15) is 0 Å². The highest BCUT2D eigenvalue weighted by Gasteiger charge is 2.07. The van der Waals surface area contributed by atoms with Gasteiger partial charge in [0.2, 0.25) is 0 Å². The van der Waals surface area contributed by atoms with Crippen LogP contribution in [0.15, 0.2) is 18.2 Å². The average Bonchev–Trinajstić information content (AvgIpc) is 2.07. The van der Waals surface area contributed by atoms with E-state index in [0.29, 0.717) is 10.9 Å². The van der Waals surface area contributed by atoms with Crippen molar-refractivity contribution in [1.82, 2.24) is 0 Å². The molecule has 0 heterocycles. The van der Waals surface area contributed by atoms with E-state index in [1.54, 1.807) is 0 Å². The molecule has 0 aromatic heterocycles. The van der Waals surface area contributed by atoms with Gasteiger partial charge in [-0.3, -0.25) is 0 Å². The van der Waals surface area contributed by atoms with Crippen LogP contribution in [0.1, 0.15) is 39.2 Å². The Morgan fingerprint density at radius 2 is 1.79 bits per heavy atom. The van der Waals surface area contributed by atoms with Crippen molar-refractivity contribution in [2.24, 2.45) is 0 Å². The molecule has 0 N–H and O–H groups in total. The monoisotopic (exact) mass is 212 g/mol. The zero-order chi connectivity index (χ0) is 10.7. The van der Waals surface area contributed by atoms with Crippen LogP contribution in [0, 0.1) is 0 Å². The third-order valence-electron chi connectivity index (χ3n) is 1.98. The van der Waals surface area contributed by atoms with Crippen LogP contribution < -0.4 is 4.74 Å². The minimum Gasteiger partial charge on any atom is -0.489 e. The fourth-order valence-electron chi connectivity index (χ4n) is 1.22. The van der Waals surface area contributed by atoms with Gasteiger partial charge in [0.25, 0.3) is 0 Å². The summed E-state index contributed by atoms with van der Waals surface area (Å²) in [6.07, 6.45) is 0.162. The lowest BCUT2D eigenvalue weighted by Crippen LogP contribution is -2.06. The molecule has 0 aliphatic carbocycles. The Bertz CT molecular complexity index is 305. The topological polar surface area (TPSA) is 9.23 Å². The third kappa shape index (κ3) is 2.91. The summed E-state index contributed by atoms with van der Waals surface area (Å²) >= 11 is 6.02. The van der Waals surface area contributed by atoms with Crippen molar-refractivity contribution in [2.45, 2.75) is 39.7 Å². The second-order valence-corrected chi connectivity index (χ2v) is 4.42.